The Hall–Kier alpha value is -1.62. The summed E-state index contributed by atoms with van der Waals surface area (Å²) in [5.41, 5.74) is 5.76. The summed E-state index contributed by atoms with van der Waals surface area (Å²) >= 11 is 4.58. The zero-order valence-corrected chi connectivity index (χ0v) is 7.47. The van der Waals surface area contributed by atoms with Gasteiger partial charge < -0.3 is 16.2 Å². The van der Waals surface area contributed by atoms with Crippen LogP contribution < -0.4 is 11.1 Å². The number of para-hydroxylation sites is 1. The van der Waals surface area contributed by atoms with Gasteiger partial charge in [-0.15, -0.1) is 0 Å². The van der Waals surface area contributed by atoms with E-state index >= 15 is 0 Å². The smallest absolute Gasteiger partial charge is 0.168 e. The third-order valence-electron chi connectivity index (χ3n) is 1.45. The fourth-order valence-electron chi connectivity index (χ4n) is 0.915. The number of nitrogens with one attached hydrogen (secondary N) is 1. The molecule has 0 unspecified atom stereocenters. The van der Waals surface area contributed by atoms with Crippen molar-refractivity contribution in [3.8, 4) is 5.75 Å². The largest absolute Gasteiger partial charge is 0.506 e. The maximum atomic E-state index is 10.5. The highest BCUT2D eigenvalue weighted by molar-refractivity contribution is 7.80. The van der Waals surface area contributed by atoms with E-state index < -0.39 is 0 Å². The Bertz CT molecular complexity index is 352. The highest BCUT2D eigenvalue weighted by atomic mass is 32.1. The molecule has 1 rings (SSSR count). The van der Waals surface area contributed by atoms with E-state index in [2.05, 4.69) is 17.5 Å². The molecule has 1 aromatic rings. The Kier molecular flexibility index (Phi) is 2.81. The molecule has 68 valence electrons. The molecule has 0 heterocycles. The standard InChI is InChI=1S/C8H8N2O2S/c9-8(13)10-7-5(4-11)2-1-3-6(7)12/h1-4,12H,(H3,9,10,13). The van der Waals surface area contributed by atoms with Crippen LogP contribution in [0.15, 0.2) is 18.2 Å². The summed E-state index contributed by atoms with van der Waals surface area (Å²) in [4.78, 5) is 10.5. The van der Waals surface area contributed by atoms with Crippen LogP contribution in [0.2, 0.25) is 0 Å². The number of phenolic OH excluding ortho intramolecular Hbond substituents is 1. The summed E-state index contributed by atoms with van der Waals surface area (Å²) in [6, 6.07) is 4.55. The van der Waals surface area contributed by atoms with E-state index in [-0.39, 0.29) is 16.5 Å². The minimum absolute atomic E-state index is 0.00426. The van der Waals surface area contributed by atoms with Gasteiger partial charge >= 0.3 is 0 Å². The van der Waals surface area contributed by atoms with Crippen molar-refractivity contribution in [1.82, 2.24) is 0 Å². The molecular weight excluding hydrogens is 188 g/mol. The van der Waals surface area contributed by atoms with Crippen molar-refractivity contribution in [2.45, 2.75) is 0 Å². The summed E-state index contributed by atoms with van der Waals surface area (Å²) in [6.45, 7) is 0. The molecule has 1 aromatic carbocycles. The van der Waals surface area contributed by atoms with Gasteiger partial charge in [0.05, 0.1) is 5.69 Å². The molecule has 5 heteroatoms. The second-order valence-corrected chi connectivity index (χ2v) is 2.79. The van der Waals surface area contributed by atoms with E-state index in [1.807, 2.05) is 0 Å². The van der Waals surface area contributed by atoms with Gasteiger partial charge in [0.1, 0.15) is 5.75 Å². The molecule has 0 radical (unpaired) electrons. The summed E-state index contributed by atoms with van der Waals surface area (Å²) in [5.74, 6) is -0.0580. The number of hydrogen-bond donors (Lipinski definition) is 3. The van der Waals surface area contributed by atoms with Crippen LogP contribution in [-0.4, -0.2) is 16.5 Å². The number of phenols is 1. The number of nitrogens with two attached hydrogens (primary N) is 1. The first-order valence-corrected chi connectivity index (χ1v) is 3.89. The average molecular weight is 196 g/mol. The molecule has 0 amide bonds. The molecule has 4 N–H and O–H groups in total. The van der Waals surface area contributed by atoms with Gasteiger partial charge in [0, 0.05) is 5.56 Å². The number of thiocarbonyl (C=S) groups is 1. The number of rotatable bonds is 2. The van der Waals surface area contributed by atoms with Crippen LogP contribution in [0.25, 0.3) is 0 Å². The summed E-state index contributed by atoms with van der Waals surface area (Å²) in [7, 11) is 0. The zero-order valence-electron chi connectivity index (χ0n) is 6.65. The molecule has 0 aliphatic rings. The van der Waals surface area contributed by atoms with Crippen LogP contribution >= 0.6 is 12.2 Å². The first kappa shape index (κ1) is 9.47. The zero-order chi connectivity index (χ0) is 9.84. The topological polar surface area (TPSA) is 75.3 Å². The number of aromatic hydroxyl groups is 1. The fourth-order valence-corrected chi connectivity index (χ4v) is 1.02. The molecule has 0 bridgehead atoms. The number of hydrogen-bond acceptors (Lipinski definition) is 3. The van der Waals surface area contributed by atoms with Crippen molar-refractivity contribution in [2.75, 3.05) is 5.32 Å². The van der Waals surface area contributed by atoms with Crippen LogP contribution in [-0.2, 0) is 0 Å². The predicted molar refractivity (Wildman–Crippen MR) is 53.9 cm³/mol. The number of carbonyl (C=O) groups is 1. The summed E-state index contributed by atoms with van der Waals surface area (Å²) < 4.78 is 0. The first-order chi connectivity index (χ1) is 6.15. The highest BCUT2D eigenvalue weighted by Gasteiger charge is 2.06. The Balaban J connectivity index is 3.14. The van der Waals surface area contributed by atoms with Gasteiger partial charge in [-0.3, -0.25) is 4.79 Å². The number of aldehydes is 1. The molecule has 0 saturated carbocycles. The van der Waals surface area contributed by atoms with Gasteiger partial charge in [-0.05, 0) is 24.4 Å². The van der Waals surface area contributed by atoms with E-state index in [1.54, 1.807) is 12.1 Å². The van der Waals surface area contributed by atoms with Crippen molar-refractivity contribution in [2.24, 2.45) is 5.73 Å². The average Bonchev–Trinajstić information content (AvgIpc) is 2.08. The number of anilines is 1. The summed E-state index contributed by atoms with van der Waals surface area (Å²) in [5, 5.41) is 11.9. The quantitative estimate of drug-likeness (QED) is 0.371. The second-order valence-electron chi connectivity index (χ2n) is 2.35. The lowest BCUT2D eigenvalue weighted by molar-refractivity contribution is 0.112. The van der Waals surface area contributed by atoms with E-state index in [0.29, 0.717) is 11.8 Å². The van der Waals surface area contributed by atoms with Crippen molar-refractivity contribution in [3.63, 3.8) is 0 Å². The molecule has 0 aromatic heterocycles. The van der Waals surface area contributed by atoms with Crippen molar-refractivity contribution in [1.29, 1.82) is 0 Å². The van der Waals surface area contributed by atoms with Crippen LogP contribution in [0.5, 0.6) is 5.75 Å². The first-order valence-electron chi connectivity index (χ1n) is 3.48. The van der Waals surface area contributed by atoms with Gasteiger partial charge in [0.2, 0.25) is 0 Å². The lowest BCUT2D eigenvalue weighted by Crippen LogP contribution is -2.19. The van der Waals surface area contributed by atoms with Gasteiger partial charge in [-0.1, -0.05) is 6.07 Å². The third kappa shape index (κ3) is 2.16. The lowest BCUT2D eigenvalue weighted by atomic mass is 10.2. The van der Waals surface area contributed by atoms with Gasteiger partial charge in [0.25, 0.3) is 0 Å². The van der Waals surface area contributed by atoms with Gasteiger partial charge in [-0.2, -0.15) is 0 Å². The monoisotopic (exact) mass is 196 g/mol. The Labute approximate surface area is 80.4 Å². The van der Waals surface area contributed by atoms with Gasteiger partial charge in [0.15, 0.2) is 11.4 Å². The van der Waals surface area contributed by atoms with Crippen LogP contribution in [0.1, 0.15) is 10.4 Å². The van der Waals surface area contributed by atoms with E-state index in [0.717, 1.165) is 0 Å². The maximum Gasteiger partial charge on any atom is 0.168 e. The van der Waals surface area contributed by atoms with E-state index in [1.165, 1.54) is 6.07 Å². The molecule has 0 saturated heterocycles. The minimum atomic E-state index is -0.0580. The molecule has 0 aliphatic carbocycles. The SMILES string of the molecule is NC(=S)Nc1c(O)cccc1C=O. The summed E-state index contributed by atoms with van der Waals surface area (Å²) in [6.07, 6.45) is 0.611. The minimum Gasteiger partial charge on any atom is -0.506 e. The number of benzene rings is 1. The van der Waals surface area contributed by atoms with Crippen LogP contribution in [0.3, 0.4) is 0 Å². The Morgan fingerprint density at radius 3 is 2.85 bits per heavy atom. The van der Waals surface area contributed by atoms with Crippen LogP contribution in [0.4, 0.5) is 5.69 Å². The molecule has 0 atom stereocenters. The van der Waals surface area contributed by atoms with Gasteiger partial charge in [-0.25, -0.2) is 0 Å². The molecule has 0 fully saturated rings. The molecule has 0 spiro atoms. The van der Waals surface area contributed by atoms with Crippen molar-refractivity contribution >= 4 is 29.3 Å². The second kappa shape index (κ2) is 3.86. The normalized spacial score (nSPS) is 9.23. The molecular formula is C8H8N2O2S. The predicted octanol–water partition coefficient (Wildman–Crippen LogP) is 0.860. The molecule has 0 aliphatic heterocycles. The fraction of sp³-hybridized carbons (Fsp3) is 0. The highest BCUT2D eigenvalue weighted by Crippen LogP contribution is 2.25. The van der Waals surface area contributed by atoms with E-state index in [4.69, 9.17) is 5.73 Å². The lowest BCUT2D eigenvalue weighted by Gasteiger charge is -2.07. The molecule has 4 nitrogen and oxygen atoms in total. The Morgan fingerprint density at radius 2 is 2.31 bits per heavy atom. The van der Waals surface area contributed by atoms with Crippen molar-refractivity contribution < 1.29 is 9.90 Å². The third-order valence-corrected chi connectivity index (χ3v) is 1.55. The maximum absolute atomic E-state index is 10.5. The Morgan fingerprint density at radius 1 is 1.62 bits per heavy atom. The molecule has 13 heavy (non-hydrogen) atoms. The van der Waals surface area contributed by atoms with Crippen molar-refractivity contribution in [3.05, 3.63) is 23.8 Å². The number of carbonyl (C=O) groups excluding carboxylic acids is 1. The van der Waals surface area contributed by atoms with E-state index in [9.17, 15) is 9.90 Å². The van der Waals surface area contributed by atoms with Crippen LogP contribution in [0, 0.1) is 0 Å².